The van der Waals surface area contributed by atoms with Crippen molar-refractivity contribution in [2.75, 3.05) is 0 Å². The van der Waals surface area contributed by atoms with E-state index in [2.05, 4.69) is 48.7 Å². The summed E-state index contributed by atoms with van der Waals surface area (Å²) in [4.78, 5) is 1.39. The van der Waals surface area contributed by atoms with Crippen LogP contribution >= 0.6 is 11.3 Å². The van der Waals surface area contributed by atoms with Crippen LogP contribution in [-0.2, 0) is 12.8 Å². The van der Waals surface area contributed by atoms with Crippen LogP contribution in [-0.4, -0.2) is 6.04 Å². The standard InChI is InChI=1S/C15H19NS/c1-12-4-6-13(7-5-12)8-9-14(16)11-15-3-2-10-17-15/h2-7,10,14H,8-9,11,16H2,1H3. The van der Waals surface area contributed by atoms with Crippen LogP contribution in [0.25, 0.3) is 0 Å². The summed E-state index contributed by atoms with van der Waals surface area (Å²) in [7, 11) is 0. The number of rotatable bonds is 5. The van der Waals surface area contributed by atoms with Gasteiger partial charge >= 0.3 is 0 Å². The van der Waals surface area contributed by atoms with Crippen LogP contribution in [0.3, 0.4) is 0 Å². The smallest absolute Gasteiger partial charge is 0.00903 e. The van der Waals surface area contributed by atoms with Crippen LogP contribution in [0.15, 0.2) is 41.8 Å². The molecule has 2 aromatic rings. The lowest BCUT2D eigenvalue weighted by molar-refractivity contribution is 0.615. The first-order chi connectivity index (χ1) is 8.24. The van der Waals surface area contributed by atoms with Gasteiger partial charge in [-0.1, -0.05) is 35.9 Å². The van der Waals surface area contributed by atoms with E-state index in [-0.39, 0.29) is 6.04 Å². The molecule has 0 aliphatic rings. The Morgan fingerprint density at radius 3 is 2.59 bits per heavy atom. The second-order valence-electron chi connectivity index (χ2n) is 4.57. The average molecular weight is 245 g/mol. The van der Waals surface area contributed by atoms with Crippen LogP contribution in [0.2, 0.25) is 0 Å². The second kappa shape index (κ2) is 5.99. The van der Waals surface area contributed by atoms with E-state index in [0.29, 0.717) is 0 Å². The molecule has 2 N–H and O–H groups in total. The Morgan fingerprint density at radius 1 is 1.18 bits per heavy atom. The molecule has 1 nitrogen and oxygen atoms in total. The highest BCUT2D eigenvalue weighted by molar-refractivity contribution is 7.09. The Morgan fingerprint density at radius 2 is 1.94 bits per heavy atom. The van der Waals surface area contributed by atoms with Crippen molar-refractivity contribution in [1.29, 1.82) is 0 Å². The third kappa shape index (κ3) is 3.99. The third-order valence-electron chi connectivity index (χ3n) is 2.97. The van der Waals surface area contributed by atoms with Crippen molar-refractivity contribution >= 4 is 11.3 Å². The molecule has 0 amide bonds. The summed E-state index contributed by atoms with van der Waals surface area (Å²) < 4.78 is 0. The Labute approximate surface area is 107 Å². The molecule has 17 heavy (non-hydrogen) atoms. The zero-order valence-electron chi connectivity index (χ0n) is 10.2. The van der Waals surface area contributed by atoms with E-state index in [4.69, 9.17) is 5.73 Å². The maximum atomic E-state index is 6.15. The summed E-state index contributed by atoms with van der Waals surface area (Å²) in [6.45, 7) is 2.12. The first-order valence-corrected chi connectivity index (χ1v) is 6.95. The molecule has 0 fully saturated rings. The molecular weight excluding hydrogens is 226 g/mol. The highest BCUT2D eigenvalue weighted by Gasteiger charge is 2.05. The van der Waals surface area contributed by atoms with E-state index in [1.807, 2.05) is 0 Å². The van der Waals surface area contributed by atoms with Gasteiger partial charge in [-0.2, -0.15) is 0 Å². The molecule has 1 unspecified atom stereocenters. The molecule has 1 atom stereocenters. The Balaban J connectivity index is 1.79. The molecule has 1 aromatic heterocycles. The van der Waals surface area contributed by atoms with Gasteiger partial charge in [0, 0.05) is 10.9 Å². The van der Waals surface area contributed by atoms with Crippen LogP contribution in [0.1, 0.15) is 22.4 Å². The monoisotopic (exact) mass is 245 g/mol. The van der Waals surface area contributed by atoms with E-state index < -0.39 is 0 Å². The van der Waals surface area contributed by atoms with Crippen LogP contribution in [0, 0.1) is 6.92 Å². The van der Waals surface area contributed by atoms with Gasteiger partial charge < -0.3 is 5.73 Å². The summed E-state index contributed by atoms with van der Waals surface area (Å²) in [5.74, 6) is 0. The van der Waals surface area contributed by atoms with Crippen molar-refractivity contribution in [3.8, 4) is 0 Å². The summed E-state index contributed by atoms with van der Waals surface area (Å²) in [6, 6.07) is 13.3. The minimum Gasteiger partial charge on any atom is -0.327 e. The number of thiophene rings is 1. The normalized spacial score (nSPS) is 12.6. The van der Waals surface area contributed by atoms with Gasteiger partial charge in [0.05, 0.1) is 0 Å². The van der Waals surface area contributed by atoms with Gasteiger partial charge in [0.2, 0.25) is 0 Å². The third-order valence-corrected chi connectivity index (χ3v) is 3.87. The molecule has 0 spiro atoms. The minimum atomic E-state index is 0.273. The fourth-order valence-corrected chi connectivity index (χ4v) is 2.70. The largest absolute Gasteiger partial charge is 0.327 e. The summed E-state index contributed by atoms with van der Waals surface area (Å²) in [5, 5.41) is 2.11. The first-order valence-electron chi connectivity index (χ1n) is 6.07. The van der Waals surface area contributed by atoms with Gasteiger partial charge in [-0.15, -0.1) is 11.3 Å². The predicted molar refractivity (Wildman–Crippen MR) is 75.5 cm³/mol. The predicted octanol–water partition coefficient (Wildman–Crippen LogP) is 3.56. The van der Waals surface area contributed by atoms with Gasteiger partial charge in [-0.25, -0.2) is 0 Å². The lowest BCUT2D eigenvalue weighted by atomic mass is 10.0. The summed E-state index contributed by atoms with van der Waals surface area (Å²) >= 11 is 1.79. The molecule has 1 heterocycles. The number of aryl methyl sites for hydroxylation is 2. The number of hydrogen-bond donors (Lipinski definition) is 1. The van der Waals surface area contributed by atoms with Crippen molar-refractivity contribution in [2.24, 2.45) is 5.73 Å². The Bertz CT molecular complexity index is 430. The van der Waals surface area contributed by atoms with Gasteiger partial charge in [0.1, 0.15) is 0 Å². The van der Waals surface area contributed by atoms with Gasteiger partial charge in [0.25, 0.3) is 0 Å². The molecule has 1 aromatic carbocycles. The lowest BCUT2D eigenvalue weighted by Gasteiger charge is -2.10. The van der Waals surface area contributed by atoms with Crippen molar-refractivity contribution in [2.45, 2.75) is 32.2 Å². The maximum absolute atomic E-state index is 6.15. The number of benzene rings is 1. The van der Waals surface area contributed by atoms with E-state index in [9.17, 15) is 0 Å². The van der Waals surface area contributed by atoms with E-state index >= 15 is 0 Å². The molecule has 0 saturated heterocycles. The van der Waals surface area contributed by atoms with Crippen molar-refractivity contribution < 1.29 is 0 Å². The Kier molecular flexibility index (Phi) is 4.35. The van der Waals surface area contributed by atoms with Crippen molar-refractivity contribution in [3.05, 3.63) is 57.8 Å². The highest BCUT2D eigenvalue weighted by atomic mass is 32.1. The molecule has 0 bridgehead atoms. The first kappa shape index (κ1) is 12.3. The molecule has 0 saturated carbocycles. The molecule has 0 radical (unpaired) electrons. The fourth-order valence-electron chi connectivity index (χ4n) is 1.90. The minimum absolute atomic E-state index is 0.273. The van der Waals surface area contributed by atoms with Gasteiger partial charge in [-0.05, 0) is 43.2 Å². The van der Waals surface area contributed by atoms with Gasteiger partial charge in [0.15, 0.2) is 0 Å². The molecule has 2 rings (SSSR count). The van der Waals surface area contributed by atoms with Crippen LogP contribution in [0.4, 0.5) is 0 Å². The Hall–Kier alpha value is -1.12. The van der Waals surface area contributed by atoms with Crippen molar-refractivity contribution in [1.82, 2.24) is 0 Å². The lowest BCUT2D eigenvalue weighted by Crippen LogP contribution is -2.23. The second-order valence-corrected chi connectivity index (χ2v) is 5.60. The summed E-state index contributed by atoms with van der Waals surface area (Å²) in [6.07, 6.45) is 3.14. The maximum Gasteiger partial charge on any atom is 0.00903 e. The summed E-state index contributed by atoms with van der Waals surface area (Å²) in [5.41, 5.74) is 8.85. The zero-order chi connectivity index (χ0) is 12.1. The van der Waals surface area contributed by atoms with Crippen LogP contribution in [0.5, 0.6) is 0 Å². The molecule has 2 heteroatoms. The number of hydrogen-bond acceptors (Lipinski definition) is 2. The van der Waals surface area contributed by atoms with E-state index in [1.54, 1.807) is 11.3 Å². The van der Waals surface area contributed by atoms with Gasteiger partial charge in [-0.3, -0.25) is 0 Å². The van der Waals surface area contributed by atoms with E-state index in [0.717, 1.165) is 19.3 Å². The molecule has 0 aliphatic heterocycles. The zero-order valence-corrected chi connectivity index (χ0v) is 11.0. The quantitative estimate of drug-likeness (QED) is 0.856. The molecule has 0 aliphatic carbocycles. The van der Waals surface area contributed by atoms with E-state index in [1.165, 1.54) is 16.0 Å². The fraction of sp³-hybridized carbons (Fsp3) is 0.333. The molecular formula is C15H19NS. The average Bonchev–Trinajstić information content (AvgIpc) is 2.81. The topological polar surface area (TPSA) is 26.0 Å². The van der Waals surface area contributed by atoms with Crippen molar-refractivity contribution in [3.63, 3.8) is 0 Å². The molecule has 90 valence electrons. The number of nitrogens with two attached hydrogens (primary N) is 1. The highest BCUT2D eigenvalue weighted by Crippen LogP contribution is 2.13. The SMILES string of the molecule is Cc1ccc(CCC(N)Cc2cccs2)cc1. The van der Waals surface area contributed by atoms with Crippen LogP contribution < -0.4 is 5.73 Å².